The van der Waals surface area contributed by atoms with Gasteiger partial charge >= 0.3 is 29.6 Å². The third-order valence-corrected chi connectivity index (χ3v) is 3.31. The quantitative estimate of drug-likeness (QED) is 0.240. The molecule has 0 bridgehead atoms. The van der Waals surface area contributed by atoms with Crippen LogP contribution in [0.1, 0.15) is 0 Å². The molecule has 0 N–H and O–H groups in total. The van der Waals surface area contributed by atoms with Crippen LogP contribution in [0.2, 0.25) is 0 Å². The summed E-state index contributed by atoms with van der Waals surface area (Å²) in [5, 5.41) is 7.86. The minimum absolute atomic E-state index is 0. The molecule has 0 heterocycles. The van der Waals surface area contributed by atoms with E-state index in [1.807, 2.05) is 6.07 Å². The maximum Gasteiger partial charge on any atom is 1.00 e. The van der Waals surface area contributed by atoms with E-state index in [9.17, 15) is 0 Å². The molecule has 0 aliphatic rings. The molecule has 4 rings (SSSR count). The molecule has 0 aliphatic carbocycles. The predicted octanol–water partition coefficient (Wildman–Crippen LogP) is 1.39. The van der Waals surface area contributed by atoms with E-state index in [1.54, 1.807) is 0 Å². The van der Waals surface area contributed by atoms with Gasteiger partial charge in [-0.25, -0.2) is 0 Å². The van der Waals surface area contributed by atoms with Crippen LogP contribution >= 0.6 is 0 Å². The topological polar surface area (TPSA) is 0 Å². The van der Waals surface area contributed by atoms with Crippen molar-refractivity contribution >= 4 is 32.3 Å². The molecule has 74 valence electrons. The second-order valence-corrected chi connectivity index (χ2v) is 4.20. The van der Waals surface area contributed by atoms with Gasteiger partial charge in [0.25, 0.3) is 0 Å². The third kappa shape index (κ3) is 1.49. The summed E-state index contributed by atoms with van der Waals surface area (Å²) in [6, 6.07) is 22.6. The van der Waals surface area contributed by atoms with E-state index in [1.165, 1.54) is 32.3 Å². The molecule has 0 nitrogen and oxygen atoms in total. The van der Waals surface area contributed by atoms with Gasteiger partial charge in [-0.15, -0.1) is 35.0 Å². The maximum absolute atomic E-state index is 3.31. The van der Waals surface area contributed by atoms with Crippen molar-refractivity contribution in [2.75, 3.05) is 0 Å². The van der Waals surface area contributed by atoms with Crippen molar-refractivity contribution < 1.29 is 29.6 Å². The standard InChI is InChI=1S/C16H9.Na/c1-3-11-7-9-13-5-2-6-14-10-8-12(4-1)15(11)16(13)14;/h1-5,7-10H;/q-1;+1. The largest absolute Gasteiger partial charge is 1.00 e. The Bertz CT molecular complexity index is 672. The number of hydrogen-bond acceptors (Lipinski definition) is 0. The summed E-state index contributed by atoms with van der Waals surface area (Å²) in [4.78, 5) is 0. The van der Waals surface area contributed by atoms with Crippen molar-refractivity contribution in [1.29, 1.82) is 0 Å². The third-order valence-electron chi connectivity index (χ3n) is 3.31. The van der Waals surface area contributed by atoms with Crippen LogP contribution in [-0.2, 0) is 0 Å². The molecule has 4 aromatic carbocycles. The average Bonchev–Trinajstić information content (AvgIpc) is 2.36. The molecule has 0 aromatic heterocycles. The Hall–Kier alpha value is -1.08. The van der Waals surface area contributed by atoms with Crippen LogP contribution in [0.25, 0.3) is 32.3 Å². The Morgan fingerprint density at radius 3 is 2.06 bits per heavy atom. The van der Waals surface area contributed by atoms with E-state index in [4.69, 9.17) is 0 Å². The summed E-state index contributed by atoms with van der Waals surface area (Å²) in [6.07, 6.45) is 0. The smallest absolute Gasteiger partial charge is 0.146 e. The minimum atomic E-state index is 0. The first-order valence-electron chi connectivity index (χ1n) is 5.48. The SMILES string of the molecule is [Na+].[c-]1ccc2ccc3cccc4ccc1c2c43. The Morgan fingerprint density at radius 2 is 1.29 bits per heavy atom. The minimum Gasteiger partial charge on any atom is -0.146 e. The predicted molar refractivity (Wildman–Crippen MR) is 69.0 cm³/mol. The van der Waals surface area contributed by atoms with Crippen molar-refractivity contribution in [3.05, 3.63) is 60.7 Å². The van der Waals surface area contributed by atoms with Gasteiger partial charge in [-0.3, -0.25) is 0 Å². The zero-order valence-corrected chi connectivity index (χ0v) is 11.7. The molecule has 0 atom stereocenters. The molecular formula is C16H9Na. The monoisotopic (exact) mass is 224 g/mol. The van der Waals surface area contributed by atoms with Gasteiger partial charge in [0.15, 0.2) is 0 Å². The first kappa shape index (κ1) is 11.0. The second-order valence-electron chi connectivity index (χ2n) is 4.20. The Labute approximate surface area is 122 Å². The van der Waals surface area contributed by atoms with Gasteiger partial charge in [-0.1, -0.05) is 41.8 Å². The summed E-state index contributed by atoms with van der Waals surface area (Å²) in [5.74, 6) is 0. The molecule has 4 aromatic rings. The first-order chi connectivity index (χ1) is 7.93. The van der Waals surface area contributed by atoms with E-state index in [0.717, 1.165) is 0 Å². The van der Waals surface area contributed by atoms with Crippen LogP contribution in [0.3, 0.4) is 0 Å². The van der Waals surface area contributed by atoms with Crippen LogP contribution in [-0.4, -0.2) is 0 Å². The van der Waals surface area contributed by atoms with E-state index < -0.39 is 0 Å². The summed E-state index contributed by atoms with van der Waals surface area (Å²) < 4.78 is 0. The molecule has 0 amide bonds. The summed E-state index contributed by atoms with van der Waals surface area (Å²) >= 11 is 0. The first-order valence-corrected chi connectivity index (χ1v) is 5.48. The maximum atomic E-state index is 3.31. The Kier molecular flexibility index (Phi) is 2.59. The van der Waals surface area contributed by atoms with E-state index in [2.05, 4.69) is 54.6 Å². The van der Waals surface area contributed by atoms with E-state index >= 15 is 0 Å². The fraction of sp³-hybridized carbons (Fsp3) is 0. The molecule has 0 radical (unpaired) electrons. The number of rotatable bonds is 0. The molecule has 0 fully saturated rings. The van der Waals surface area contributed by atoms with E-state index in [-0.39, 0.29) is 29.6 Å². The van der Waals surface area contributed by atoms with Gasteiger partial charge in [-0.05, 0) is 16.2 Å². The number of hydrogen-bond donors (Lipinski definition) is 0. The van der Waals surface area contributed by atoms with Crippen molar-refractivity contribution in [3.63, 3.8) is 0 Å². The van der Waals surface area contributed by atoms with E-state index in [0.29, 0.717) is 0 Å². The molecule has 0 saturated heterocycles. The molecule has 1 heteroatoms. The van der Waals surface area contributed by atoms with Gasteiger partial charge in [0.2, 0.25) is 0 Å². The molecule has 0 aliphatic heterocycles. The second kappa shape index (κ2) is 3.99. The Morgan fingerprint density at radius 1 is 0.647 bits per heavy atom. The van der Waals surface area contributed by atoms with Gasteiger partial charge in [0.1, 0.15) is 0 Å². The van der Waals surface area contributed by atoms with Crippen molar-refractivity contribution in [1.82, 2.24) is 0 Å². The molecule has 0 saturated carbocycles. The van der Waals surface area contributed by atoms with Gasteiger partial charge in [-0.2, -0.15) is 0 Å². The van der Waals surface area contributed by atoms with Crippen LogP contribution < -0.4 is 29.6 Å². The van der Waals surface area contributed by atoms with Crippen LogP contribution in [0, 0.1) is 6.07 Å². The Balaban J connectivity index is 0.000000902. The van der Waals surface area contributed by atoms with Crippen molar-refractivity contribution in [2.45, 2.75) is 0 Å². The van der Waals surface area contributed by atoms with Gasteiger partial charge in [0.05, 0.1) is 0 Å². The van der Waals surface area contributed by atoms with Gasteiger partial charge < -0.3 is 0 Å². The summed E-state index contributed by atoms with van der Waals surface area (Å²) in [7, 11) is 0. The fourth-order valence-electron chi connectivity index (χ4n) is 2.59. The molecule has 0 unspecified atom stereocenters. The molecule has 0 spiro atoms. The number of benzene rings is 4. The zero-order chi connectivity index (χ0) is 10.5. The van der Waals surface area contributed by atoms with Crippen molar-refractivity contribution in [3.8, 4) is 0 Å². The normalized spacial score (nSPS) is 11.1. The van der Waals surface area contributed by atoms with Crippen LogP contribution in [0.5, 0.6) is 0 Å². The zero-order valence-electron chi connectivity index (χ0n) is 9.70. The van der Waals surface area contributed by atoms with Gasteiger partial charge in [0, 0.05) is 0 Å². The van der Waals surface area contributed by atoms with Crippen LogP contribution in [0.4, 0.5) is 0 Å². The molecule has 17 heavy (non-hydrogen) atoms. The summed E-state index contributed by atoms with van der Waals surface area (Å²) in [6.45, 7) is 0. The molecular weight excluding hydrogens is 215 g/mol. The average molecular weight is 224 g/mol. The van der Waals surface area contributed by atoms with Crippen molar-refractivity contribution in [2.24, 2.45) is 0 Å². The van der Waals surface area contributed by atoms with Crippen LogP contribution in [0.15, 0.2) is 54.6 Å². The summed E-state index contributed by atoms with van der Waals surface area (Å²) in [5.41, 5.74) is 0. The fourth-order valence-corrected chi connectivity index (χ4v) is 2.59.